The van der Waals surface area contributed by atoms with Crippen molar-refractivity contribution in [1.82, 2.24) is 0 Å². The third-order valence-corrected chi connectivity index (χ3v) is 4.24. The first kappa shape index (κ1) is 13.6. The zero-order valence-corrected chi connectivity index (χ0v) is 11.9. The Kier molecular flexibility index (Phi) is 4.45. The van der Waals surface area contributed by atoms with Gasteiger partial charge in [0.1, 0.15) is 0 Å². The highest BCUT2D eigenvalue weighted by Crippen LogP contribution is 2.37. The third-order valence-electron chi connectivity index (χ3n) is 4.24. The van der Waals surface area contributed by atoms with Gasteiger partial charge in [0.2, 0.25) is 0 Å². The highest BCUT2D eigenvalue weighted by Gasteiger charge is 2.21. The Bertz CT molecular complexity index is 362. The first-order valence-corrected chi connectivity index (χ1v) is 7.36. The average molecular weight is 246 g/mol. The predicted octanol–water partition coefficient (Wildman–Crippen LogP) is 4.67. The number of aliphatic hydroxyl groups is 1. The molecule has 1 heteroatoms. The van der Waals surface area contributed by atoms with E-state index < -0.39 is 0 Å². The molecule has 18 heavy (non-hydrogen) atoms. The normalized spacial score (nSPS) is 19.6. The van der Waals surface area contributed by atoms with Gasteiger partial charge < -0.3 is 5.11 Å². The number of rotatable bonds is 5. The maximum atomic E-state index is 10.3. The van der Waals surface area contributed by atoms with Gasteiger partial charge in [0, 0.05) is 0 Å². The summed E-state index contributed by atoms with van der Waals surface area (Å²) < 4.78 is 0. The summed E-state index contributed by atoms with van der Waals surface area (Å²) in [5, 5.41) is 10.3. The number of benzene rings is 1. The van der Waals surface area contributed by atoms with Crippen molar-refractivity contribution in [2.45, 2.75) is 58.5 Å². The van der Waals surface area contributed by atoms with Crippen LogP contribution in [-0.4, -0.2) is 5.11 Å². The van der Waals surface area contributed by atoms with Gasteiger partial charge in [0.15, 0.2) is 0 Å². The summed E-state index contributed by atoms with van der Waals surface area (Å²) in [6.07, 6.45) is 4.81. The van der Waals surface area contributed by atoms with Crippen molar-refractivity contribution in [3.05, 3.63) is 35.4 Å². The molecule has 2 unspecified atom stereocenters. The van der Waals surface area contributed by atoms with Gasteiger partial charge >= 0.3 is 0 Å². The number of hydrogen-bond donors (Lipinski definition) is 1. The Morgan fingerprint density at radius 3 is 2.17 bits per heavy atom. The molecule has 1 N–H and O–H groups in total. The maximum absolute atomic E-state index is 10.3. The standard InChI is InChI=1S/C17H26O/c1-12(2)11-13(3)17(18)16-9-7-15(8-10-16)14-5-4-6-14/h7-10,12-14,17-18H,4-6,11H2,1-3H3. The molecule has 1 nitrogen and oxygen atoms in total. The van der Waals surface area contributed by atoms with Crippen LogP contribution in [0.1, 0.15) is 69.6 Å². The molecule has 1 aliphatic rings. The Morgan fingerprint density at radius 2 is 1.72 bits per heavy atom. The molecule has 100 valence electrons. The van der Waals surface area contributed by atoms with E-state index in [0.29, 0.717) is 11.8 Å². The van der Waals surface area contributed by atoms with E-state index in [1.807, 2.05) is 0 Å². The van der Waals surface area contributed by atoms with Crippen LogP contribution in [0.2, 0.25) is 0 Å². The van der Waals surface area contributed by atoms with Gasteiger partial charge in [-0.05, 0) is 48.1 Å². The molecular weight excluding hydrogens is 220 g/mol. The van der Waals surface area contributed by atoms with Gasteiger partial charge in [-0.2, -0.15) is 0 Å². The minimum atomic E-state index is -0.317. The van der Waals surface area contributed by atoms with Crippen molar-refractivity contribution in [2.75, 3.05) is 0 Å². The third kappa shape index (κ3) is 3.14. The molecule has 1 aliphatic carbocycles. The van der Waals surface area contributed by atoms with Crippen LogP contribution in [0.25, 0.3) is 0 Å². The second-order valence-electron chi connectivity index (χ2n) is 6.35. The highest BCUT2D eigenvalue weighted by molar-refractivity contribution is 5.28. The van der Waals surface area contributed by atoms with Gasteiger partial charge in [-0.25, -0.2) is 0 Å². The zero-order chi connectivity index (χ0) is 13.1. The molecule has 1 aromatic carbocycles. The molecule has 1 aromatic rings. The Balaban J connectivity index is 1.99. The minimum absolute atomic E-state index is 0.317. The van der Waals surface area contributed by atoms with Crippen molar-refractivity contribution >= 4 is 0 Å². The summed E-state index contributed by atoms with van der Waals surface area (Å²) in [5.41, 5.74) is 2.53. The van der Waals surface area contributed by atoms with E-state index in [0.717, 1.165) is 17.9 Å². The van der Waals surface area contributed by atoms with Crippen LogP contribution in [0.3, 0.4) is 0 Å². The predicted molar refractivity (Wildman–Crippen MR) is 76.6 cm³/mol. The average Bonchev–Trinajstić information content (AvgIpc) is 2.26. The molecule has 0 heterocycles. The van der Waals surface area contributed by atoms with E-state index in [1.165, 1.54) is 24.8 Å². The summed E-state index contributed by atoms with van der Waals surface area (Å²) in [6, 6.07) is 8.67. The molecule has 2 rings (SSSR count). The van der Waals surface area contributed by atoms with E-state index in [-0.39, 0.29) is 6.10 Å². The van der Waals surface area contributed by atoms with Crippen LogP contribution in [0.5, 0.6) is 0 Å². The number of aliphatic hydroxyl groups excluding tert-OH is 1. The first-order chi connectivity index (χ1) is 8.58. The van der Waals surface area contributed by atoms with Crippen LogP contribution < -0.4 is 0 Å². The van der Waals surface area contributed by atoms with Crippen molar-refractivity contribution in [3.63, 3.8) is 0 Å². The van der Waals surface area contributed by atoms with E-state index in [4.69, 9.17) is 0 Å². The van der Waals surface area contributed by atoms with Crippen LogP contribution in [0.15, 0.2) is 24.3 Å². The lowest BCUT2D eigenvalue weighted by Crippen LogP contribution is -2.12. The van der Waals surface area contributed by atoms with Gasteiger partial charge in [-0.3, -0.25) is 0 Å². The fourth-order valence-electron chi connectivity index (χ4n) is 2.91. The number of hydrogen-bond acceptors (Lipinski definition) is 1. The molecule has 0 bridgehead atoms. The van der Waals surface area contributed by atoms with Crippen LogP contribution in [-0.2, 0) is 0 Å². The van der Waals surface area contributed by atoms with Gasteiger partial charge in [-0.1, -0.05) is 51.5 Å². The molecule has 0 saturated heterocycles. The van der Waals surface area contributed by atoms with Gasteiger partial charge in [-0.15, -0.1) is 0 Å². The van der Waals surface area contributed by atoms with Crippen LogP contribution >= 0.6 is 0 Å². The van der Waals surface area contributed by atoms with Crippen LogP contribution in [0, 0.1) is 11.8 Å². The smallest absolute Gasteiger partial charge is 0.0815 e. The Labute approximate surface area is 111 Å². The maximum Gasteiger partial charge on any atom is 0.0815 e. The molecule has 1 saturated carbocycles. The lowest BCUT2D eigenvalue weighted by atomic mass is 9.79. The summed E-state index contributed by atoms with van der Waals surface area (Å²) in [7, 11) is 0. The van der Waals surface area contributed by atoms with Gasteiger partial charge in [0.25, 0.3) is 0 Å². The second kappa shape index (κ2) is 5.88. The molecule has 1 fully saturated rings. The zero-order valence-electron chi connectivity index (χ0n) is 11.9. The molecule has 0 amide bonds. The molecule has 0 radical (unpaired) electrons. The molecule has 0 aromatic heterocycles. The minimum Gasteiger partial charge on any atom is -0.388 e. The molecule has 0 spiro atoms. The van der Waals surface area contributed by atoms with Crippen molar-refractivity contribution in [1.29, 1.82) is 0 Å². The second-order valence-corrected chi connectivity index (χ2v) is 6.35. The molecule has 2 atom stereocenters. The van der Waals surface area contributed by atoms with Crippen molar-refractivity contribution in [2.24, 2.45) is 11.8 Å². The summed E-state index contributed by atoms with van der Waals surface area (Å²) in [4.78, 5) is 0. The lowest BCUT2D eigenvalue weighted by Gasteiger charge is -2.26. The Morgan fingerprint density at radius 1 is 1.11 bits per heavy atom. The molecular formula is C17H26O. The van der Waals surface area contributed by atoms with E-state index in [1.54, 1.807) is 0 Å². The SMILES string of the molecule is CC(C)CC(C)C(O)c1ccc(C2CCC2)cc1. The van der Waals surface area contributed by atoms with E-state index >= 15 is 0 Å². The van der Waals surface area contributed by atoms with Crippen LogP contribution in [0.4, 0.5) is 0 Å². The quantitative estimate of drug-likeness (QED) is 0.800. The highest BCUT2D eigenvalue weighted by atomic mass is 16.3. The monoisotopic (exact) mass is 246 g/mol. The summed E-state index contributed by atoms with van der Waals surface area (Å²) in [5.74, 6) is 1.76. The van der Waals surface area contributed by atoms with Crippen molar-refractivity contribution < 1.29 is 5.11 Å². The topological polar surface area (TPSA) is 20.2 Å². The fraction of sp³-hybridized carbons (Fsp3) is 0.647. The van der Waals surface area contributed by atoms with E-state index in [9.17, 15) is 5.11 Å². The molecule has 0 aliphatic heterocycles. The fourth-order valence-corrected chi connectivity index (χ4v) is 2.91. The van der Waals surface area contributed by atoms with E-state index in [2.05, 4.69) is 45.0 Å². The largest absolute Gasteiger partial charge is 0.388 e. The lowest BCUT2D eigenvalue weighted by molar-refractivity contribution is 0.105. The van der Waals surface area contributed by atoms with Gasteiger partial charge in [0.05, 0.1) is 6.10 Å². The summed E-state index contributed by atoms with van der Waals surface area (Å²) in [6.45, 7) is 6.57. The first-order valence-electron chi connectivity index (χ1n) is 7.36. The van der Waals surface area contributed by atoms with Crippen molar-refractivity contribution in [3.8, 4) is 0 Å². The summed E-state index contributed by atoms with van der Waals surface area (Å²) >= 11 is 0. The Hall–Kier alpha value is -0.820.